The van der Waals surface area contributed by atoms with Crippen LogP contribution in [0.1, 0.15) is 49.0 Å². The number of carbonyl (C=O) groups is 1. The van der Waals surface area contributed by atoms with Gasteiger partial charge in [-0.05, 0) is 37.9 Å². The minimum absolute atomic E-state index is 0.106. The number of carbonyl (C=O) groups excluding carboxylic acids is 1. The maximum Gasteiger partial charge on any atom is 0.272 e. The third kappa shape index (κ3) is 3.76. The van der Waals surface area contributed by atoms with Crippen molar-refractivity contribution in [1.29, 1.82) is 0 Å². The molecule has 1 aliphatic carbocycles. The molecule has 20 heavy (non-hydrogen) atoms. The number of nitrogens with two attached hydrogens (primary N) is 1. The lowest BCUT2D eigenvalue weighted by Crippen LogP contribution is -2.42. The Morgan fingerprint density at radius 2 is 2.10 bits per heavy atom. The van der Waals surface area contributed by atoms with Crippen LogP contribution >= 0.6 is 0 Å². The van der Waals surface area contributed by atoms with Crippen LogP contribution in [0.25, 0.3) is 0 Å². The summed E-state index contributed by atoms with van der Waals surface area (Å²) in [6.07, 6.45) is 7.51. The molecule has 5 heteroatoms. The van der Waals surface area contributed by atoms with E-state index < -0.39 is 5.82 Å². The van der Waals surface area contributed by atoms with E-state index in [1.54, 1.807) is 0 Å². The first-order chi connectivity index (χ1) is 9.72. The number of nitrogens with zero attached hydrogens (tertiary/aromatic N) is 2. The summed E-state index contributed by atoms with van der Waals surface area (Å²) in [7, 11) is 0. The van der Waals surface area contributed by atoms with Crippen LogP contribution in [0.3, 0.4) is 0 Å². The smallest absolute Gasteiger partial charge is 0.272 e. The van der Waals surface area contributed by atoms with Gasteiger partial charge in [0.2, 0.25) is 0 Å². The molecular formula is C15H22FN3O. The van der Waals surface area contributed by atoms with E-state index in [1.807, 2.05) is 4.90 Å². The van der Waals surface area contributed by atoms with Crippen molar-refractivity contribution in [3.63, 3.8) is 0 Å². The molecule has 0 unspecified atom stereocenters. The Balaban J connectivity index is 2.11. The maximum atomic E-state index is 12.9. The van der Waals surface area contributed by atoms with Crippen molar-refractivity contribution < 1.29 is 9.18 Å². The Bertz CT molecular complexity index is 429. The molecule has 0 bridgehead atoms. The molecule has 0 atom stereocenters. The number of halogens is 1. The van der Waals surface area contributed by atoms with Gasteiger partial charge < -0.3 is 10.6 Å². The van der Waals surface area contributed by atoms with Gasteiger partial charge >= 0.3 is 0 Å². The maximum absolute atomic E-state index is 12.9. The molecule has 110 valence electrons. The largest absolute Gasteiger partial charge is 0.334 e. The lowest BCUT2D eigenvalue weighted by Gasteiger charge is -2.34. The van der Waals surface area contributed by atoms with E-state index >= 15 is 0 Å². The van der Waals surface area contributed by atoms with Crippen LogP contribution in [0.4, 0.5) is 4.39 Å². The number of amides is 1. The average Bonchev–Trinajstić information content (AvgIpc) is 2.49. The van der Waals surface area contributed by atoms with Crippen LogP contribution in [0, 0.1) is 5.82 Å². The predicted octanol–water partition coefficient (Wildman–Crippen LogP) is 2.34. The van der Waals surface area contributed by atoms with E-state index in [2.05, 4.69) is 4.98 Å². The first-order valence-corrected chi connectivity index (χ1v) is 7.35. The van der Waals surface area contributed by atoms with Crippen molar-refractivity contribution in [1.82, 2.24) is 9.88 Å². The molecule has 1 heterocycles. The summed E-state index contributed by atoms with van der Waals surface area (Å²) in [5, 5.41) is 0. The zero-order valence-electron chi connectivity index (χ0n) is 11.7. The minimum Gasteiger partial charge on any atom is -0.334 e. The average molecular weight is 279 g/mol. The van der Waals surface area contributed by atoms with Gasteiger partial charge in [0, 0.05) is 12.6 Å². The molecule has 1 saturated carbocycles. The normalized spacial score (nSPS) is 16.1. The number of hydrogen-bond donors (Lipinski definition) is 1. The van der Waals surface area contributed by atoms with E-state index in [0.717, 1.165) is 38.3 Å². The van der Waals surface area contributed by atoms with Crippen molar-refractivity contribution in [2.75, 3.05) is 13.1 Å². The molecule has 2 N–H and O–H groups in total. The highest BCUT2D eigenvalue weighted by Gasteiger charge is 2.26. The van der Waals surface area contributed by atoms with Crippen LogP contribution in [0.2, 0.25) is 0 Å². The van der Waals surface area contributed by atoms with E-state index in [1.165, 1.54) is 18.6 Å². The van der Waals surface area contributed by atoms with Gasteiger partial charge in [-0.1, -0.05) is 19.3 Å². The molecule has 0 spiro atoms. The lowest BCUT2D eigenvalue weighted by atomic mass is 9.93. The van der Waals surface area contributed by atoms with Crippen LogP contribution in [0.5, 0.6) is 0 Å². The summed E-state index contributed by atoms with van der Waals surface area (Å²) in [6.45, 7) is 1.21. The standard InChI is InChI=1S/C15H22FN3O/c16-12-7-8-14(18-11-12)15(20)19(10-4-9-17)13-5-2-1-3-6-13/h7-8,11,13H,1-6,9-10,17H2. The van der Waals surface area contributed by atoms with Crippen molar-refractivity contribution in [2.45, 2.75) is 44.6 Å². The van der Waals surface area contributed by atoms with E-state index in [9.17, 15) is 9.18 Å². The molecule has 1 fully saturated rings. The quantitative estimate of drug-likeness (QED) is 0.900. The second kappa shape index (κ2) is 7.33. The predicted molar refractivity (Wildman–Crippen MR) is 75.8 cm³/mol. The highest BCUT2D eigenvalue weighted by atomic mass is 19.1. The van der Waals surface area contributed by atoms with Crippen LogP contribution in [-0.2, 0) is 0 Å². The molecule has 0 aliphatic heterocycles. The monoisotopic (exact) mass is 279 g/mol. The minimum atomic E-state index is -0.423. The van der Waals surface area contributed by atoms with Gasteiger partial charge in [-0.3, -0.25) is 4.79 Å². The molecule has 0 radical (unpaired) electrons. The molecule has 2 rings (SSSR count). The van der Waals surface area contributed by atoms with Gasteiger partial charge in [0.05, 0.1) is 6.20 Å². The molecule has 0 aromatic carbocycles. The van der Waals surface area contributed by atoms with Gasteiger partial charge in [0.25, 0.3) is 5.91 Å². The van der Waals surface area contributed by atoms with Crippen LogP contribution in [0.15, 0.2) is 18.3 Å². The molecule has 0 saturated heterocycles. The fourth-order valence-corrected chi connectivity index (χ4v) is 2.75. The second-order valence-electron chi connectivity index (χ2n) is 5.29. The number of pyridine rings is 1. The van der Waals surface area contributed by atoms with Gasteiger partial charge in [-0.2, -0.15) is 0 Å². The summed E-state index contributed by atoms with van der Waals surface area (Å²) < 4.78 is 12.9. The van der Waals surface area contributed by atoms with Crippen molar-refractivity contribution in [3.8, 4) is 0 Å². The lowest BCUT2D eigenvalue weighted by molar-refractivity contribution is 0.0626. The Morgan fingerprint density at radius 3 is 2.70 bits per heavy atom. The van der Waals surface area contributed by atoms with E-state index in [4.69, 9.17) is 5.73 Å². The van der Waals surface area contributed by atoms with E-state index in [-0.39, 0.29) is 11.9 Å². The first-order valence-electron chi connectivity index (χ1n) is 7.35. The van der Waals surface area contributed by atoms with Gasteiger partial charge in [0.1, 0.15) is 11.5 Å². The van der Waals surface area contributed by atoms with Gasteiger partial charge in [-0.25, -0.2) is 9.37 Å². The van der Waals surface area contributed by atoms with Crippen LogP contribution < -0.4 is 5.73 Å². The summed E-state index contributed by atoms with van der Waals surface area (Å²) >= 11 is 0. The summed E-state index contributed by atoms with van der Waals surface area (Å²) in [6, 6.07) is 3.01. The third-order valence-electron chi connectivity index (χ3n) is 3.83. The highest BCUT2D eigenvalue weighted by Crippen LogP contribution is 2.24. The summed E-state index contributed by atoms with van der Waals surface area (Å²) in [5.41, 5.74) is 5.88. The van der Waals surface area contributed by atoms with Gasteiger partial charge in [0.15, 0.2) is 0 Å². The molecular weight excluding hydrogens is 257 g/mol. The fraction of sp³-hybridized carbons (Fsp3) is 0.600. The molecule has 1 amide bonds. The zero-order chi connectivity index (χ0) is 14.4. The Hall–Kier alpha value is -1.49. The third-order valence-corrected chi connectivity index (χ3v) is 3.83. The SMILES string of the molecule is NCCCN(C(=O)c1ccc(F)cn1)C1CCCCC1. The van der Waals surface area contributed by atoms with Crippen molar-refractivity contribution in [3.05, 3.63) is 29.8 Å². The van der Waals surface area contributed by atoms with Gasteiger partial charge in [-0.15, -0.1) is 0 Å². The van der Waals surface area contributed by atoms with Crippen molar-refractivity contribution in [2.24, 2.45) is 5.73 Å². The highest BCUT2D eigenvalue weighted by molar-refractivity contribution is 5.92. The second-order valence-corrected chi connectivity index (χ2v) is 5.29. The van der Waals surface area contributed by atoms with Crippen molar-refractivity contribution >= 4 is 5.91 Å². The Labute approximate surface area is 119 Å². The van der Waals surface area contributed by atoms with Crippen LogP contribution in [-0.4, -0.2) is 34.9 Å². The fourth-order valence-electron chi connectivity index (χ4n) is 2.75. The molecule has 1 aromatic heterocycles. The Morgan fingerprint density at radius 1 is 1.35 bits per heavy atom. The zero-order valence-corrected chi connectivity index (χ0v) is 11.7. The molecule has 1 aliphatic rings. The van der Waals surface area contributed by atoms with E-state index in [0.29, 0.717) is 18.8 Å². The first kappa shape index (κ1) is 14.9. The summed E-state index contributed by atoms with van der Waals surface area (Å²) in [4.78, 5) is 18.3. The Kier molecular flexibility index (Phi) is 5.47. The number of hydrogen-bond acceptors (Lipinski definition) is 3. The molecule has 1 aromatic rings. The topological polar surface area (TPSA) is 59.2 Å². The number of aromatic nitrogens is 1. The number of rotatable bonds is 5. The molecule has 4 nitrogen and oxygen atoms in total. The summed E-state index contributed by atoms with van der Waals surface area (Å²) in [5.74, 6) is -0.530.